The summed E-state index contributed by atoms with van der Waals surface area (Å²) in [6, 6.07) is 1.68. The van der Waals surface area contributed by atoms with Gasteiger partial charge in [-0.15, -0.1) is 0 Å². The number of aliphatic hydroxyl groups excluding tert-OH is 1. The minimum absolute atomic E-state index is 0.299. The number of rotatable bonds is 2. The average molecular weight is 198 g/mol. The predicted molar refractivity (Wildman–Crippen MR) is 57.3 cm³/mol. The van der Waals surface area contributed by atoms with Gasteiger partial charge in [-0.05, 0) is 19.8 Å². The lowest BCUT2D eigenvalue weighted by Crippen LogP contribution is -2.60. The maximum absolute atomic E-state index is 9.36. The van der Waals surface area contributed by atoms with Gasteiger partial charge in [0.05, 0.1) is 6.61 Å². The highest BCUT2D eigenvalue weighted by Crippen LogP contribution is 2.27. The Morgan fingerprint density at radius 2 is 2.00 bits per heavy atom. The van der Waals surface area contributed by atoms with Crippen molar-refractivity contribution < 1.29 is 5.11 Å². The van der Waals surface area contributed by atoms with E-state index in [2.05, 4.69) is 17.1 Å². The van der Waals surface area contributed by atoms with Crippen LogP contribution in [0.25, 0.3) is 0 Å². The molecule has 2 N–H and O–H groups in total. The molecule has 1 heterocycles. The second kappa shape index (κ2) is 4.60. The highest BCUT2D eigenvalue weighted by Gasteiger charge is 2.33. The molecule has 0 aromatic carbocycles. The summed E-state index contributed by atoms with van der Waals surface area (Å²) < 4.78 is 0. The molecule has 2 fully saturated rings. The van der Waals surface area contributed by atoms with Crippen LogP contribution in [0.4, 0.5) is 0 Å². The summed E-state index contributed by atoms with van der Waals surface area (Å²) in [6.07, 6.45) is 5.42. The predicted octanol–water partition coefficient (Wildman–Crippen LogP) is 0.584. The molecule has 1 aliphatic carbocycles. The second-order valence-corrected chi connectivity index (χ2v) is 4.73. The van der Waals surface area contributed by atoms with Crippen LogP contribution < -0.4 is 5.32 Å². The van der Waals surface area contributed by atoms with Gasteiger partial charge in [-0.25, -0.2) is 0 Å². The first-order valence-corrected chi connectivity index (χ1v) is 5.92. The summed E-state index contributed by atoms with van der Waals surface area (Å²) in [5, 5.41) is 12.7. The number of nitrogens with zero attached hydrogens (tertiary/aromatic N) is 1. The number of hydrogen-bond acceptors (Lipinski definition) is 3. The molecular weight excluding hydrogens is 176 g/mol. The van der Waals surface area contributed by atoms with Crippen LogP contribution in [-0.2, 0) is 0 Å². The highest BCUT2D eigenvalue weighted by atomic mass is 16.3. The fraction of sp³-hybridized carbons (Fsp3) is 1.00. The van der Waals surface area contributed by atoms with E-state index in [4.69, 9.17) is 0 Å². The third-order valence-electron chi connectivity index (χ3n) is 3.71. The quantitative estimate of drug-likeness (QED) is 0.681. The zero-order valence-corrected chi connectivity index (χ0v) is 9.08. The van der Waals surface area contributed by atoms with Crippen molar-refractivity contribution in [3.63, 3.8) is 0 Å². The zero-order valence-electron chi connectivity index (χ0n) is 9.08. The number of aliphatic hydroxyl groups is 1. The van der Waals surface area contributed by atoms with Gasteiger partial charge in [0, 0.05) is 31.2 Å². The molecule has 0 spiro atoms. The highest BCUT2D eigenvalue weighted by molar-refractivity contribution is 4.91. The maximum Gasteiger partial charge on any atom is 0.0599 e. The van der Waals surface area contributed by atoms with Gasteiger partial charge >= 0.3 is 0 Å². The van der Waals surface area contributed by atoms with E-state index in [1.807, 2.05) is 0 Å². The van der Waals surface area contributed by atoms with E-state index in [1.165, 1.54) is 25.7 Å². The summed E-state index contributed by atoms with van der Waals surface area (Å²) in [7, 11) is 0. The molecule has 14 heavy (non-hydrogen) atoms. The topological polar surface area (TPSA) is 35.5 Å². The fourth-order valence-corrected chi connectivity index (χ4v) is 3.05. The normalized spacial score (nSPS) is 36.4. The molecule has 1 saturated heterocycles. The van der Waals surface area contributed by atoms with Crippen molar-refractivity contribution in [2.45, 2.75) is 50.7 Å². The molecule has 3 nitrogen and oxygen atoms in total. The van der Waals surface area contributed by atoms with Gasteiger partial charge in [-0.2, -0.15) is 0 Å². The minimum atomic E-state index is 0.299. The van der Waals surface area contributed by atoms with Gasteiger partial charge in [-0.1, -0.05) is 12.8 Å². The van der Waals surface area contributed by atoms with E-state index in [-0.39, 0.29) is 0 Å². The van der Waals surface area contributed by atoms with E-state index in [1.54, 1.807) is 0 Å². The lowest BCUT2D eigenvalue weighted by molar-refractivity contribution is 0.0278. The van der Waals surface area contributed by atoms with Gasteiger partial charge < -0.3 is 10.4 Å². The number of hydrogen-bond donors (Lipinski definition) is 2. The summed E-state index contributed by atoms with van der Waals surface area (Å²) in [4.78, 5) is 2.56. The van der Waals surface area contributed by atoms with Crippen molar-refractivity contribution in [3.8, 4) is 0 Å². The molecule has 82 valence electrons. The molecule has 2 aliphatic rings. The second-order valence-electron chi connectivity index (χ2n) is 4.73. The minimum Gasteiger partial charge on any atom is -0.395 e. The van der Waals surface area contributed by atoms with Crippen molar-refractivity contribution in [2.75, 3.05) is 19.7 Å². The van der Waals surface area contributed by atoms with Gasteiger partial charge in [0.1, 0.15) is 0 Å². The Labute approximate surface area is 86.5 Å². The smallest absolute Gasteiger partial charge is 0.0599 e. The Morgan fingerprint density at radius 1 is 1.29 bits per heavy atom. The Balaban J connectivity index is 2.02. The van der Waals surface area contributed by atoms with Crippen molar-refractivity contribution in [1.82, 2.24) is 10.2 Å². The molecule has 1 aliphatic heterocycles. The van der Waals surface area contributed by atoms with Gasteiger partial charge in [0.2, 0.25) is 0 Å². The molecule has 2 rings (SSSR count). The molecule has 2 unspecified atom stereocenters. The summed E-state index contributed by atoms with van der Waals surface area (Å²) in [6.45, 7) is 4.60. The monoisotopic (exact) mass is 198 g/mol. The Morgan fingerprint density at radius 3 is 2.64 bits per heavy atom. The van der Waals surface area contributed by atoms with Crippen molar-refractivity contribution >= 4 is 0 Å². The third-order valence-corrected chi connectivity index (χ3v) is 3.71. The fourth-order valence-electron chi connectivity index (χ4n) is 3.05. The van der Waals surface area contributed by atoms with Crippen LogP contribution in [0.1, 0.15) is 32.6 Å². The molecule has 3 heteroatoms. The largest absolute Gasteiger partial charge is 0.395 e. The van der Waals surface area contributed by atoms with E-state index in [0.29, 0.717) is 18.7 Å². The summed E-state index contributed by atoms with van der Waals surface area (Å²) in [5.41, 5.74) is 0. The van der Waals surface area contributed by atoms with Crippen LogP contribution in [0, 0.1) is 0 Å². The van der Waals surface area contributed by atoms with E-state index in [9.17, 15) is 5.11 Å². The lowest BCUT2D eigenvalue weighted by atomic mass is 10.0. The first-order valence-electron chi connectivity index (χ1n) is 5.92. The van der Waals surface area contributed by atoms with Crippen LogP contribution in [0.2, 0.25) is 0 Å². The molecule has 0 aromatic rings. The summed E-state index contributed by atoms with van der Waals surface area (Å²) >= 11 is 0. The Hall–Kier alpha value is -0.120. The first-order chi connectivity index (χ1) is 6.83. The molecule has 1 saturated carbocycles. The molecule has 0 radical (unpaired) electrons. The molecule has 2 atom stereocenters. The first kappa shape index (κ1) is 10.4. The Bertz CT molecular complexity index is 178. The van der Waals surface area contributed by atoms with Crippen LogP contribution in [0.5, 0.6) is 0 Å². The standard InChI is InChI=1S/C11H22N2O/c1-9-6-12-7-11(8-14)13(9)10-4-2-3-5-10/h9-12,14H,2-8H2,1H3. The van der Waals surface area contributed by atoms with Crippen LogP contribution in [-0.4, -0.2) is 47.8 Å². The summed E-state index contributed by atoms with van der Waals surface area (Å²) in [5.74, 6) is 0. The average Bonchev–Trinajstić information content (AvgIpc) is 2.70. The Kier molecular flexibility index (Phi) is 3.42. The third kappa shape index (κ3) is 1.95. The van der Waals surface area contributed by atoms with E-state index in [0.717, 1.165) is 19.1 Å². The van der Waals surface area contributed by atoms with Gasteiger partial charge in [0.25, 0.3) is 0 Å². The maximum atomic E-state index is 9.36. The van der Waals surface area contributed by atoms with Gasteiger partial charge in [-0.3, -0.25) is 4.90 Å². The zero-order chi connectivity index (χ0) is 9.97. The molecule has 0 amide bonds. The van der Waals surface area contributed by atoms with Crippen LogP contribution in [0.3, 0.4) is 0 Å². The number of piperazine rings is 1. The number of nitrogens with one attached hydrogen (secondary N) is 1. The lowest BCUT2D eigenvalue weighted by Gasteiger charge is -2.44. The van der Waals surface area contributed by atoms with Gasteiger partial charge in [0.15, 0.2) is 0 Å². The van der Waals surface area contributed by atoms with Crippen molar-refractivity contribution in [2.24, 2.45) is 0 Å². The van der Waals surface area contributed by atoms with Crippen molar-refractivity contribution in [3.05, 3.63) is 0 Å². The van der Waals surface area contributed by atoms with Crippen molar-refractivity contribution in [1.29, 1.82) is 0 Å². The van der Waals surface area contributed by atoms with Crippen LogP contribution >= 0.6 is 0 Å². The molecule has 0 bridgehead atoms. The molecular formula is C11H22N2O. The van der Waals surface area contributed by atoms with Crippen LogP contribution in [0.15, 0.2) is 0 Å². The SMILES string of the molecule is CC1CNCC(CO)N1C1CCCC1. The van der Waals surface area contributed by atoms with E-state index < -0.39 is 0 Å². The molecule has 0 aromatic heterocycles. The van der Waals surface area contributed by atoms with E-state index >= 15 is 0 Å².